The highest BCUT2D eigenvalue weighted by atomic mass is 16.5. The zero-order valence-corrected chi connectivity index (χ0v) is 43.5. The van der Waals surface area contributed by atoms with Gasteiger partial charge in [0.2, 0.25) is 0 Å². The highest BCUT2D eigenvalue weighted by Gasteiger charge is 2.36. The average Bonchev–Trinajstić information content (AvgIpc) is 3.30. The summed E-state index contributed by atoms with van der Waals surface area (Å²) in [6, 6.07) is 0. The van der Waals surface area contributed by atoms with E-state index in [9.17, 15) is 29.4 Å². The molecule has 382 valence electrons. The Kier molecular flexibility index (Phi) is 40.2. The maximum absolute atomic E-state index is 14.4. The molecule has 1 aromatic rings. The van der Waals surface area contributed by atoms with Crippen LogP contribution in [0.15, 0.2) is 0 Å². The third-order valence-corrected chi connectivity index (χ3v) is 13.6. The second kappa shape index (κ2) is 43.4. The van der Waals surface area contributed by atoms with Gasteiger partial charge in [-0.15, -0.1) is 0 Å². The molecule has 2 N–H and O–H groups in total. The zero-order valence-electron chi connectivity index (χ0n) is 43.5. The topological polar surface area (TPSA) is 127 Å². The Morgan fingerprint density at radius 3 is 0.712 bits per heavy atom. The van der Waals surface area contributed by atoms with Gasteiger partial charge < -0.3 is 19.7 Å². The molecule has 8 nitrogen and oxygen atoms in total. The van der Waals surface area contributed by atoms with Crippen molar-refractivity contribution < 1.29 is 38.9 Å². The van der Waals surface area contributed by atoms with Gasteiger partial charge >= 0.3 is 23.9 Å². The number of carboxylic acid groups (broad SMARTS) is 2. The number of hydrogen-bond donors (Lipinski definition) is 2. The molecule has 0 amide bonds. The quantitative estimate of drug-likeness (QED) is 0.0489. The molecule has 0 saturated carbocycles. The minimum Gasteiger partial charge on any atom is -0.478 e. The van der Waals surface area contributed by atoms with Crippen LogP contribution >= 0.6 is 0 Å². The largest absolute Gasteiger partial charge is 0.478 e. The number of unbranched alkanes of at least 4 members (excludes halogenated alkanes) is 36. The molecule has 0 aliphatic carbocycles. The van der Waals surface area contributed by atoms with Gasteiger partial charge in [0.05, 0.1) is 35.5 Å². The molecule has 1 rings (SSSR count). The highest BCUT2D eigenvalue weighted by Crippen LogP contribution is 2.34. The summed E-state index contributed by atoms with van der Waals surface area (Å²) in [4.78, 5) is 55.5. The van der Waals surface area contributed by atoms with Crippen LogP contribution < -0.4 is 0 Å². The number of carboxylic acids is 2. The Morgan fingerprint density at radius 2 is 0.485 bits per heavy atom. The maximum atomic E-state index is 14.4. The summed E-state index contributed by atoms with van der Waals surface area (Å²) in [5, 5.41) is 21.8. The standard InChI is InChI=1S/C58H102O8/c1-5-9-13-17-21-25-29-33-37-41-45-49-51(55(59)60)53(57(63)65-47-43-39-35-31-27-23-19-15-11-7-3)50(46-42-38-34-30-26-22-18-14-10-6-2)54(52(49)56(61)62)58(64)66-48-44-40-36-32-28-24-20-16-12-8-4/h5-48H2,1-4H3,(H,59,60)(H,61,62). The van der Waals surface area contributed by atoms with E-state index in [1.807, 2.05) is 0 Å². The van der Waals surface area contributed by atoms with Crippen LogP contribution in [0.5, 0.6) is 0 Å². The van der Waals surface area contributed by atoms with Crippen LogP contribution in [0.1, 0.15) is 337 Å². The van der Waals surface area contributed by atoms with Gasteiger partial charge in [-0.05, 0) is 49.7 Å². The summed E-state index contributed by atoms with van der Waals surface area (Å²) in [7, 11) is 0. The summed E-state index contributed by atoms with van der Waals surface area (Å²) in [5.41, 5.74) is -0.725. The molecule has 0 fully saturated rings. The third kappa shape index (κ3) is 29.1. The highest BCUT2D eigenvalue weighted by molar-refractivity contribution is 6.13. The van der Waals surface area contributed by atoms with Crippen LogP contribution in [-0.4, -0.2) is 47.3 Å². The lowest BCUT2D eigenvalue weighted by molar-refractivity contribution is 0.0475. The first-order chi connectivity index (χ1) is 32.3. The van der Waals surface area contributed by atoms with Gasteiger partial charge in [0.15, 0.2) is 0 Å². The minimum atomic E-state index is -1.36. The fourth-order valence-corrected chi connectivity index (χ4v) is 9.51. The molecule has 0 atom stereocenters. The lowest BCUT2D eigenvalue weighted by Gasteiger charge is -2.22. The van der Waals surface area contributed by atoms with E-state index >= 15 is 0 Å². The zero-order chi connectivity index (χ0) is 48.3. The number of hydrogen-bond acceptors (Lipinski definition) is 6. The molecule has 0 heterocycles. The molecule has 66 heavy (non-hydrogen) atoms. The Hall–Kier alpha value is -2.90. The Bertz CT molecular complexity index is 1310. The van der Waals surface area contributed by atoms with Crippen molar-refractivity contribution in [3.05, 3.63) is 33.4 Å². The lowest BCUT2D eigenvalue weighted by Crippen LogP contribution is -2.26. The van der Waals surface area contributed by atoms with Crippen molar-refractivity contribution in [1.29, 1.82) is 0 Å². The summed E-state index contributed by atoms with van der Waals surface area (Å²) in [6.45, 7) is 9.17. The van der Waals surface area contributed by atoms with E-state index in [1.165, 1.54) is 141 Å². The molecule has 0 aliphatic heterocycles. The van der Waals surface area contributed by atoms with E-state index in [4.69, 9.17) is 9.47 Å². The van der Waals surface area contributed by atoms with Crippen LogP contribution in [0.2, 0.25) is 0 Å². The SMILES string of the molecule is CCCCCCCCCCCCOC(=O)c1c(CCCCCCCCCCCC)c(C(=O)OCCCCCCCCCCCC)c(C(=O)O)c(CCCCCCCCCCCC)c1C(=O)O. The normalized spacial score (nSPS) is 11.3. The van der Waals surface area contributed by atoms with E-state index in [0.717, 1.165) is 89.9 Å². The van der Waals surface area contributed by atoms with Gasteiger partial charge in [0, 0.05) is 0 Å². The number of benzene rings is 1. The van der Waals surface area contributed by atoms with Crippen molar-refractivity contribution in [2.75, 3.05) is 13.2 Å². The number of rotatable bonds is 48. The number of aromatic carboxylic acids is 2. The van der Waals surface area contributed by atoms with Gasteiger partial charge in [-0.25, -0.2) is 19.2 Å². The maximum Gasteiger partial charge on any atom is 0.339 e. The summed E-state index contributed by atoms with van der Waals surface area (Å²) in [5.74, 6) is -4.29. The van der Waals surface area contributed by atoms with Crippen LogP contribution in [0.3, 0.4) is 0 Å². The predicted molar refractivity (Wildman–Crippen MR) is 276 cm³/mol. The van der Waals surface area contributed by atoms with Gasteiger partial charge in [-0.2, -0.15) is 0 Å². The molecule has 0 radical (unpaired) electrons. The van der Waals surface area contributed by atoms with Crippen molar-refractivity contribution >= 4 is 23.9 Å². The Balaban J connectivity index is 3.43. The Labute approximate surface area is 405 Å². The van der Waals surface area contributed by atoms with E-state index in [-0.39, 0.29) is 59.4 Å². The molecule has 8 heteroatoms. The number of esters is 2. The first-order valence-corrected chi connectivity index (χ1v) is 28.3. The van der Waals surface area contributed by atoms with E-state index < -0.39 is 23.9 Å². The van der Waals surface area contributed by atoms with E-state index in [0.29, 0.717) is 25.7 Å². The summed E-state index contributed by atoms with van der Waals surface area (Å²) < 4.78 is 11.8. The van der Waals surface area contributed by atoms with Crippen LogP contribution in [0.4, 0.5) is 0 Å². The van der Waals surface area contributed by atoms with Crippen LogP contribution in [0.25, 0.3) is 0 Å². The molecule has 0 bridgehead atoms. The van der Waals surface area contributed by atoms with E-state index in [2.05, 4.69) is 27.7 Å². The van der Waals surface area contributed by atoms with Crippen molar-refractivity contribution in [2.24, 2.45) is 0 Å². The van der Waals surface area contributed by atoms with Crippen molar-refractivity contribution in [1.82, 2.24) is 0 Å². The number of carbonyl (C=O) groups is 4. The predicted octanol–water partition coefficient (Wildman–Crippen LogP) is 18.2. The average molecular weight is 927 g/mol. The van der Waals surface area contributed by atoms with Crippen molar-refractivity contribution in [3.63, 3.8) is 0 Å². The first kappa shape index (κ1) is 61.1. The molecule has 0 aliphatic rings. The van der Waals surface area contributed by atoms with Gasteiger partial charge in [-0.3, -0.25) is 0 Å². The Morgan fingerprint density at radius 1 is 0.288 bits per heavy atom. The van der Waals surface area contributed by atoms with Gasteiger partial charge in [-0.1, -0.05) is 259 Å². The molecule has 0 unspecified atom stereocenters. The number of carbonyl (C=O) groups excluding carboxylic acids is 2. The van der Waals surface area contributed by atoms with Crippen molar-refractivity contribution in [2.45, 2.75) is 297 Å². The molecule has 1 aromatic carbocycles. The van der Waals surface area contributed by atoms with Crippen molar-refractivity contribution in [3.8, 4) is 0 Å². The summed E-state index contributed by atoms with van der Waals surface area (Å²) >= 11 is 0. The molecule has 0 saturated heterocycles. The smallest absolute Gasteiger partial charge is 0.339 e. The molecular weight excluding hydrogens is 825 g/mol. The number of ether oxygens (including phenoxy) is 2. The van der Waals surface area contributed by atoms with Gasteiger partial charge in [0.1, 0.15) is 0 Å². The second-order valence-electron chi connectivity index (χ2n) is 19.6. The van der Waals surface area contributed by atoms with Crippen LogP contribution in [0, 0.1) is 0 Å². The lowest BCUT2D eigenvalue weighted by atomic mass is 9.82. The van der Waals surface area contributed by atoms with Crippen LogP contribution in [-0.2, 0) is 22.3 Å². The van der Waals surface area contributed by atoms with Gasteiger partial charge in [0.25, 0.3) is 0 Å². The second-order valence-corrected chi connectivity index (χ2v) is 19.6. The van der Waals surface area contributed by atoms with E-state index in [1.54, 1.807) is 0 Å². The first-order valence-electron chi connectivity index (χ1n) is 28.3. The fraction of sp³-hybridized carbons (Fsp3) is 0.828. The fourth-order valence-electron chi connectivity index (χ4n) is 9.51. The minimum absolute atomic E-state index is 0.0400. The monoisotopic (exact) mass is 927 g/mol. The summed E-state index contributed by atoms with van der Waals surface area (Å²) in [6.07, 6.45) is 44.3. The third-order valence-electron chi connectivity index (χ3n) is 13.6. The molecular formula is C58H102O8. The molecule has 0 spiro atoms. The molecule has 0 aromatic heterocycles.